The fourth-order valence-electron chi connectivity index (χ4n) is 2.30. The molecule has 1 aliphatic rings. The van der Waals surface area contributed by atoms with Gasteiger partial charge in [-0.3, -0.25) is 9.59 Å². The van der Waals surface area contributed by atoms with Crippen molar-refractivity contribution in [2.24, 2.45) is 0 Å². The minimum atomic E-state index is -0.758. The van der Waals surface area contributed by atoms with Crippen LogP contribution in [-0.4, -0.2) is 24.0 Å². The minimum Gasteiger partial charge on any atom is -0.479 e. The van der Waals surface area contributed by atoms with Crippen LogP contribution in [0.25, 0.3) is 0 Å². The molecule has 1 saturated carbocycles. The largest absolute Gasteiger partial charge is 0.479 e. The van der Waals surface area contributed by atoms with Crippen molar-refractivity contribution < 1.29 is 14.3 Å². The molecule has 7 heteroatoms. The molecule has 1 fully saturated rings. The summed E-state index contributed by atoms with van der Waals surface area (Å²) in [6, 6.07) is 12.0. The molecule has 0 aromatic heterocycles. The average Bonchev–Trinajstić information content (AvgIpc) is 3.40. The summed E-state index contributed by atoms with van der Waals surface area (Å²) in [4.78, 5) is 24.4. The number of anilines is 1. The summed E-state index contributed by atoms with van der Waals surface area (Å²) in [5.41, 5.74) is 0.870. The molecule has 1 unspecified atom stereocenters. The van der Waals surface area contributed by atoms with E-state index in [2.05, 4.69) is 10.6 Å². The first kappa shape index (κ1) is 18.5. The fraction of sp³-hybridized carbons (Fsp3) is 0.263. The van der Waals surface area contributed by atoms with Crippen LogP contribution in [0, 0.1) is 0 Å². The Labute approximate surface area is 161 Å². The molecule has 3 rings (SSSR count). The number of halogens is 2. The highest BCUT2D eigenvalue weighted by Crippen LogP contribution is 2.26. The zero-order valence-corrected chi connectivity index (χ0v) is 15.6. The highest BCUT2D eigenvalue weighted by Gasteiger charge is 2.25. The Morgan fingerprint density at radius 3 is 2.50 bits per heavy atom. The summed E-state index contributed by atoms with van der Waals surface area (Å²) >= 11 is 12.2. The Hall–Kier alpha value is -2.24. The number of carbonyl (C=O) groups is 2. The summed E-state index contributed by atoms with van der Waals surface area (Å²) in [5, 5.41) is 6.31. The van der Waals surface area contributed by atoms with Crippen molar-refractivity contribution in [2.45, 2.75) is 31.9 Å². The molecular weight excluding hydrogens is 375 g/mol. The summed E-state index contributed by atoms with van der Waals surface area (Å²) in [7, 11) is 0. The molecular formula is C19H18Cl2N2O3. The first-order chi connectivity index (χ1) is 12.4. The minimum absolute atomic E-state index is 0.203. The van der Waals surface area contributed by atoms with Crippen molar-refractivity contribution in [1.29, 1.82) is 0 Å². The van der Waals surface area contributed by atoms with Crippen LogP contribution in [-0.2, 0) is 4.79 Å². The quantitative estimate of drug-likeness (QED) is 0.770. The number of carbonyl (C=O) groups excluding carboxylic acids is 2. The van der Waals surface area contributed by atoms with Gasteiger partial charge in [0.15, 0.2) is 6.10 Å². The molecule has 1 aliphatic carbocycles. The third kappa shape index (κ3) is 4.68. The first-order valence-electron chi connectivity index (χ1n) is 8.26. The third-order valence-corrected chi connectivity index (χ3v) is 4.53. The maximum Gasteiger partial charge on any atom is 0.265 e. The molecule has 2 aromatic rings. The molecule has 0 spiro atoms. The van der Waals surface area contributed by atoms with Gasteiger partial charge in [0.2, 0.25) is 0 Å². The molecule has 0 radical (unpaired) electrons. The Morgan fingerprint density at radius 2 is 1.85 bits per heavy atom. The van der Waals surface area contributed by atoms with Crippen LogP contribution in [0.4, 0.5) is 5.69 Å². The number of amides is 2. The van der Waals surface area contributed by atoms with Crippen molar-refractivity contribution in [1.82, 2.24) is 5.32 Å². The standard InChI is InChI=1S/C19H18Cl2N2O3/c1-11(26-17-5-3-2-4-15(17)20)18(24)23-13-8-9-14(16(21)10-13)19(25)22-12-6-7-12/h2-5,8-12H,6-7H2,1H3,(H,22,25)(H,23,24). The van der Waals surface area contributed by atoms with E-state index in [1.54, 1.807) is 49.4 Å². The van der Waals surface area contributed by atoms with Gasteiger partial charge in [-0.25, -0.2) is 0 Å². The van der Waals surface area contributed by atoms with E-state index < -0.39 is 6.10 Å². The van der Waals surface area contributed by atoms with Crippen LogP contribution in [0.3, 0.4) is 0 Å². The lowest BCUT2D eigenvalue weighted by atomic mass is 10.2. The lowest BCUT2D eigenvalue weighted by molar-refractivity contribution is -0.122. The Bertz CT molecular complexity index is 837. The van der Waals surface area contributed by atoms with Crippen molar-refractivity contribution in [3.8, 4) is 5.75 Å². The number of benzene rings is 2. The fourth-order valence-corrected chi connectivity index (χ4v) is 2.74. The molecule has 5 nitrogen and oxygen atoms in total. The third-order valence-electron chi connectivity index (χ3n) is 3.90. The lowest BCUT2D eigenvalue weighted by Crippen LogP contribution is -2.30. The van der Waals surface area contributed by atoms with Gasteiger partial charge in [-0.05, 0) is 50.1 Å². The van der Waals surface area contributed by atoms with E-state index >= 15 is 0 Å². The van der Waals surface area contributed by atoms with Gasteiger partial charge in [0.25, 0.3) is 11.8 Å². The van der Waals surface area contributed by atoms with Gasteiger partial charge in [-0.1, -0.05) is 35.3 Å². The van der Waals surface area contributed by atoms with Gasteiger partial charge >= 0.3 is 0 Å². The summed E-state index contributed by atoms with van der Waals surface area (Å²) < 4.78 is 5.58. The Balaban J connectivity index is 1.62. The van der Waals surface area contributed by atoms with E-state index in [9.17, 15) is 9.59 Å². The second-order valence-corrected chi connectivity index (χ2v) is 6.94. The van der Waals surface area contributed by atoms with Crippen molar-refractivity contribution in [3.05, 3.63) is 58.1 Å². The SMILES string of the molecule is CC(Oc1ccccc1Cl)C(=O)Nc1ccc(C(=O)NC2CC2)c(Cl)c1. The maximum atomic E-state index is 12.3. The molecule has 0 aliphatic heterocycles. The van der Waals surface area contributed by atoms with E-state index in [1.165, 1.54) is 0 Å². The average molecular weight is 393 g/mol. The van der Waals surface area contributed by atoms with Gasteiger partial charge in [-0.2, -0.15) is 0 Å². The number of rotatable bonds is 6. The van der Waals surface area contributed by atoms with Crippen LogP contribution < -0.4 is 15.4 Å². The molecule has 0 bridgehead atoms. The summed E-state index contributed by atoms with van der Waals surface area (Å²) in [6.07, 6.45) is 1.24. The van der Waals surface area contributed by atoms with Crippen LogP contribution in [0.1, 0.15) is 30.1 Å². The van der Waals surface area contributed by atoms with E-state index in [-0.39, 0.29) is 22.9 Å². The number of hydrogen-bond acceptors (Lipinski definition) is 3. The molecule has 0 saturated heterocycles. The van der Waals surface area contributed by atoms with Crippen molar-refractivity contribution in [3.63, 3.8) is 0 Å². The predicted molar refractivity (Wildman–Crippen MR) is 102 cm³/mol. The number of para-hydroxylation sites is 1. The van der Waals surface area contributed by atoms with Gasteiger partial charge in [0.05, 0.1) is 15.6 Å². The highest BCUT2D eigenvalue weighted by atomic mass is 35.5. The molecule has 2 amide bonds. The monoisotopic (exact) mass is 392 g/mol. The topological polar surface area (TPSA) is 67.4 Å². The van der Waals surface area contributed by atoms with E-state index in [1.807, 2.05) is 0 Å². The molecule has 26 heavy (non-hydrogen) atoms. The second kappa shape index (κ2) is 7.98. The van der Waals surface area contributed by atoms with Gasteiger partial charge < -0.3 is 15.4 Å². The van der Waals surface area contributed by atoms with E-state index in [0.717, 1.165) is 12.8 Å². The number of nitrogens with one attached hydrogen (secondary N) is 2. The van der Waals surface area contributed by atoms with Crippen LogP contribution in [0.15, 0.2) is 42.5 Å². The number of hydrogen-bond donors (Lipinski definition) is 2. The predicted octanol–water partition coefficient (Wildman–Crippen LogP) is 4.29. The van der Waals surface area contributed by atoms with Gasteiger partial charge in [0.1, 0.15) is 5.75 Å². The normalized spacial score (nSPS) is 14.4. The molecule has 0 heterocycles. The number of ether oxygens (including phenoxy) is 1. The van der Waals surface area contributed by atoms with E-state index in [0.29, 0.717) is 22.0 Å². The molecule has 2 aromatic carbocycles. The smallest absolute Gasteiger partial charge is 0.265 e. The Morgan fingerprint density at radius 1 is 1.12 bits per heavy atom. The van der Waals surface area contributed by atoms with Gasteiger partial charge in [-0.15, -0.1) is 0 Å². The lowest BCUT2D eigenvalue weighted by Gasteiger charge is -2.16. The van der Waals surface area contributed by atoms with Crippen molar-refractivity contribution in [2.75, 3.05) is 5.32 Å². The zero-order valence-electron chi connectivity index (χ0n) is 14.1. The zero-order chi connectivity index (χ0) is 18.7. The second-order valence-electron chi connectivity index (χ2n) is 6.12. The van der Waals surface area contributed by atoms with Gasteiger partial charge in [0, 0.05) is 11.7 Å². The molecule has 1 atom stereocenters. The first-order valence-corrected chi connectivity index (χ1v) is 9.02. The molecule has 136 valence electrons. The Kier molecular flexibility index (Phi) is 5.69. The van der Waals surface area contributed by atoms with Crippen molar-refractivity contribution >= 4 is 40.7 Å². The van der Waals surface area contributed by atoms with E-state index in [4.69, 9.17) is 27.9 Å². The van der Waals surface area contributed by atoms with Crippen LogP contribution in [0.5, 0.6) is 5.75 Å². The van der Waals surface area contributed by atoms with Crippen LogP contribution >= 0.6 is 23.2 Å². The van der Waals surface area contributed by atoms with Crippen LogP contribution in [0.2, 0.25) is 10.0 Å². The summed E-state index contributed by atoms with van der Waals surface area (Å²) in [5.74, 6) is -0.121. The molecule has 2 N–H and O–H groups in total. The maximum absolute atomic E-state index is 12.3. The summed E-state index contributed by atoms with van der Waals surface area (Å²) in [6.45, 7) is 1.62. The highest BCUT2D eigenvalue weighted by molar-refractivity contribution is 6.34.